The third kappa shape index (κ3) is 4.09. The standard InChI is InChI=1S/C21H30BrO7P/c1-5-20(13-26-14-20)12-21(30(24,27-6-2)28-7-3)11-18(29-19(21)23)15-8-9-16(22)17(10-15)25-4/h8-10,18H,5-7,11-14H2,1-4H3. The number of hydrogen-bond acceptors (Lipinski definition) is 7. The molecule has 30 heavy (non-hydrogen) atoms. The van der Waals surface area contributed by atoms with Crippen molar-refractivity contribution in [3.8, 4) is 5.75 Å². The molecule has 2 aliphatic heterocycles. The van der Waals surface area contributed by atoms with Gasteiger partial charge in [0, 0.05) is 11.8 Å². The van der Waals surface area contributed by atoms with Gasteiger partial charge in [0.25, 0.3) is 0 Å². The fraction of sp³-hybridized carbons (Fsp3) is 0.667. The third-order valence-corrected chi connectivity index (χ3v) is 9.48. The molecule has 2 heterocycles. The maximum absolute atomic E-state index is 14.0. The van der Waals surface area contributed by atoms with E-state index < -0.39 is 24.8 Å². The summed E-state index contributed by atoms with van der Waals surface area (Å²) < 4.78 is 42.9. The van der Waals surface area contributed by atoms with E-state index >= 15 is 0 Å². The summed E-state index contributed by atoms with van der Waals surface area (Å²) in [4.78, 5) is 13.4. The minimum absolute atomic E-state index is 0.179. The van der Waals surface area contributed by atoms with Gasteiger partial charge in [-0.3, -0.25) is 9.36 Å². The van der Waals surface area contributed by atoms with E-state index in [0.717, 1.165) is 16.5 Å². The summed E-state index contributed by atoms with van der Waals surface area (Å²) >= 11 is 3.44. The van der Waals surface area contributed by atoms with Crippen molar-refractivity contribution < 1.29 is 32.6 Å². The van der Waals surface area contributed by atoms with Crippen LogP contribution in [0.2, 0.25) is 0 Å². The number of cyclic esters (lactones) is 1. The van der Waals surface area contributed by atoms with Crippen molar-refractivity contribution in [1.82, 2.24) is 0 Å². The molecule has 0 aromatic heterocycles. The summed E-state index contributed by atoms with van der Waals surface area (Å²) in [5.74, 6) is 0.107. The Balaban J connectivity index is 2.03. The van der Waals surface area contributed by atoms with Crippen LogP contribution >= 0.6 is 23.5 Å². The maximum Gasteiger partial charge on any atom is 0.348 e. The zero-order chi connectivity index (χ0) is 22.0. The summed E-state index contributed by atoms with van der Waals surface area (Å²) in [6.07, 6.45) is 0.798. The second kappa shape index (κ2) is 9.29. The molecule has 0 radical (unpaired) electrons. The minimum Gasteiger partial charge on any atom is -0.496 e. The molecule has 2 unspecified atom stereocenters. The molecule has 0 spiro atoms. The molecule has 2 aliphatic rings. The van der Waals surface area contributed by atoms with Crippen molar-refractivity contribution in [3.05, 3.63) is 28.2 Å². The summed E-state index contributed by atoms with van der Waals surface area (Å²) in [7, 11) is -2.22. The molecular weight excluding hydrogens is 475 g/mol. The molecule has 2 saturated heterocycles. The molecule has 7 nitrogen and oxygen atoms in total. The number of carbonyl (C=O) groups excluding carboxylic acids is 1. The normalized spacial score (nSPS) is 25.6. The first kappa shape index (κ1) is 23.7. The lowest BCUT2D eigenvalue weighted by atomic mass is 9.74. The topological polar surface area (TPSA) is 80.3 Å². The van der Waals surface area contributed by atoms with Crippen molar-refractivity contribution in [1.29, 1.82) is 0 Å². The van der Waals surface area contributed by atoms with Gasteiger partial charge >= 0.3 is 13.6 Å². The highest BCUT2D eigenvalue weighted by atomic mass is 79.9. The fourth-order valence-corrected chi connectivity index (χ4v) is 7.12. The van der Waals surface area contributed by atoms with E-state index in [0.29, 0.717) is 25.4 Å². The molecule has 1 aromatic carbocycles. The number of hydrogen-bond donors (Lipinski definition) is 0. The van der Waals surface area contributed by atoms with Crippen LogP contribution in [0.1, 0.15) is 51.7 Å². The van der Waals surface area contributed by atoms with Crippen LogP contribution < -0.4 is 4.74 Å². The van der Waals surface area contributed by atoms with Crippen molar-refractivity contribution in [3.63, 3.8) is 0 Å². The highest BCUT2D eigenvalue weighted by Crippen LogP contribution is 2.69. The number of methoxy groups -OCH3 is 1. The molecular formula is C21H30BrO7P. The zero-order valence-electron chi connectivity index (χ0n) is 17.9. The SMILES string of the molecule is CCOP(=O)(OCC)C1(CC2(CC)COC2)CC(c2ccc(Br)c(OC)c2)OC1=O. The van der Waals surface area contributed by atoms with Crippen molar-refractivity contribution in [2.75, 3.05) is 33.5 Å². The van der Waals surface area contributed by atoms with Gasteiger partial charge in [-0.05, 0) is 60.3 Å². The monoisotopic (exact) mass is 504 g/mol. The fourth-order valence-electron chi connectivity index (χ4n) is 4.26. The number of ether oxygens (including phenoxy) is 3. The van der Waals surface area contributed by atoms with Crippen LogP contribution in [0.15, 0.2) is 22.7 Å². The third-order valence-electron chi connectivity index (χ3n) is 6.06. The Morgan fingerprint density at radius 2 is 1.87 bits per heavy atom. The summed E-state index contributed by atoms with van der Waals surface area (Å²) in [5.41, 5.74) is 0.537. The van der Waals surface area contributed by atoms with E-state index in [1.54, 1.807) is 21.0 Å². The lowest BCUT2D eigenvalue weighted by molar-refractivity contribution is -0.150. The predicted octanol–water partition coefficient (Wildman–Crippen LogP) is 5.27. The van der Waals surface area contributed by atoms with Crippen LogP contribution in [0.5, 0.6) is 5.75 Å². The number of esters is 1. The van der Waals surface area contributed by atoms with E-state index in [4.69, 9.17) is 23.3 Å². The van der Waals surface area contributed by atoms with Crippen LogP contribution in [-0.2, 0) is 27.9 Å². The van der Waals surface area contributed by atoms with Crippen molar-refractivity contribution in [2.45, 2.75) is 51.3 Å². The van der Waals surface area contributed by atoms with Crippen molar-refractivity contribution >= 4 is 29.5 Å². The Morgan fingerprint density at radius 3 is 2.37 bits per heavy atom. The smallest absolute Gasteiger partial charge is 0.348 e. The molecule has 168 valence electrons. The molecule has 0 amide bonds. The first-order chi connectivity index (χ1) is 14.3. The highest BCUT2D eigenvalue weighted by molar-refractivity contribution is 9.10. The molecule has 9 heteroatoms. The molecule has 2 fully saturated rings. The molecule has 1 aromatic rings. The molecule has 0 bridgehead atoms. The van der Waals surface area contributed by atoms with Gasteiger partial charge in [-0.2, -0.15) is 0 Å². The van der Waals surface area contributed by atoms with Gasteiger partial charge in [0.1, 0.15) is 11.9 Å². The first-order valence-corrected chi connectivity index (χ1v) is 12.6. The Hall–Kier alpha value is -0.920. The minimum atomic E-state index is -3.80. The van der Waals surface area contributed by atoms with E-state index in [-0.39, 0.29) is 25.0 Å². The summed E-state index contributed by atoms with van der Waals surface area (Å²) in [6, 6.07) is 5.54. The van der Waals surface area contributed by atoms with E-state index in [9.17, 15) is 9.36 Å². The van der Waals surface area contributed by atoms with Gasteiger partial charge in [-0.25, -0.2) is 0 Å². The first-order valence-electron chi connectivity index (χ1n) is 10.3. The quantitative estimate of drug-likeness (QED) is 0.317. The van der Waals surface area contributed by atoms with Crippen LogP contribution in [0.3, 0.4) is 0 Å². The summed E-state index contributed by atoms with van der Waals surface area (Å²) in [5, 5.41) is -1.37. The average Bonchev–Trinajstić information content (AvgIpc) is 3.03. The average molecular weight is 505 g/mol. The lowest BCUT2D eigenvalue weighted by Gasteiger charge is -2.46. The second-order valence-corrected chi connectivity index (χ2v) is 11.1. The lowest BCUT2D eigenvalue weighted by Crippen LogP contribution is -2.50. The molecule has 2 atom stereocenters. The largest absolute Gasteiger partial charge is 0.496 e. The molecule has 3 rings (SSSR count). The summed E-state index contributed by atoms with van der Waals surface area (Å²) in [6.45, 7) is 6.95. The number of rotatable bonds is 10. The molecule has 0 aliphatic carbocycles. The van der Waals surface area contributed by atoms with Gasteiger partial charge in [0.15, 0.2) is 5.16 Å². The van der Waals surface area contributed by atoms with Gasteiger partial charge in [0.2, 0.25) is 0 Å². The number of halogens is 1. The van der Waals surface area contributed by atoms with Gasteiger partial charge < -0.3 is 23.3 Å². The van der Waals surface area contributed by atoms with Gasteiger partial charge in [0.05, 0.1) is 38.0 Å². The van der Waals surface area contributed by atoms with Gasteiger partial charge in [-0.15, -0.1) is 0 Å². The Morgan fingerprint density at radius 1 is 1.20 bits per heavy atom. The Bertz CT molecular complexity index is 810. The van der Waals surface area contributed by atoms with Crippen molar-refractivity contribution in [2.24, 2.45) is 5.41 Å². The molecule has 0 N–H and O–H groups in total. The Labute approximate surface area is 186 Å². The predicted molar refractivity (Wildman–Crippen MR) is 116 cm³/mol. The van der Waals surface area contributed by atoms with Crippen LogP contribution in [0, 0.1) is 5.41 Å². The van der Waals surface area contributed by atoms with E-state index in [1.807, 2.05) is 18.2 Å². The van der Waals surface area contributed by atoms with Crippen LogP contribution in [0.25, 0.3) is 0 Å². The maximum atomic E-state index is 14.0. The van der Waals surface area contributed by atoms with Gasteiger partial charge in [-0.1, -0.05) is 13.0 Å². The van der Waals surface area contributed by atoms with Crippen LogP contribution in [-0.4, -0.2) is 44.7 Å². The van der Waals surface area contributed by atoms with E-state index in [1.165, 1.54) is 0 Å². The van der Waals surface area contributed by atoms with Crippen LogP contribution in [0.4, 0.5) is 0 Å². The van der Waals surface area contributed by atoms with E-state index in [2.05, 4.69) is 22.9 Å². The number of benzene rings is 1. The molecule has 0 saturated carbocycles. The zero-order valence-corrected chi connectivity index (χ0v) is 20.4. The highest BCUT2D eigenvalue weighted by Gasteiger charge is 2.66. The Kier molecular flexibility index (Phi) is 7.35. The second-order valence-electron chi connectivity index (χ2n) is 7.88. The number of carbonyl (C=O) groups is 1.